The van der Waals surface area contributed by atoms with Crippen molar-refractivity contribution in [1.29, 1.82) is 0 Å². The van der Waals surface area contributed by atoms with Crippen LogP contribution in [-0.2, 0) is 40.5 Å². The van der Waals surface area contributed by atoms with Gasteiger partial charge in [-0.1, -0.05) is 63.8 Å². The van der Waals surface area contributed by atoms with E-state index in [2.05, 4.69) is 16.0 Å². The van der Waals surface area contributed by atoms with E-state index in [0.29, 0.717) is 12.8 Å². The van der Waals surface area contributed by atoms with Gasteiger partial charge in [0.05, 0.1) is 15.6 Å². The van der Waals surface area contributed by atoms with Crippen molar-refractivity contribution < 1.29 is 80.8 Å². The van der Waals surface area contributed by atoms with E-state index in [1.807, 2.05) is 6.92 Å². The van der Waals surface area contributed by atoms with E-state index in [1.165, 1.54) is 0 Å². The van der Waals surface area contributed by atoms with E-state index in [9.17, 15) is 32.1 Å². The van der Waals surface area contributed by atoms with Crippen LogP contribution in [0.5, 0.6) is 0 Å². The van der Waals surface area contributed by atoms with E-state index < -0.39 is 106 Å². The molecule has 41 heavy (non-hydrogen) atoms. The van der Waals surface area contributed by atoms with Gasteiger partial charge in [0.2, 0.25) is 17.3 Å². The van der Waals surface area contributed by atoms with Crippen molar-refractivity contribution in [3.63, 3.8) is 0 Å². The van der Waals surface area contributed by atoms with Crippen molar-refractivity contribution in [2.45, 2.75) is 89.8 Å². The maximum absolute atomic E-state index is 13.5. The first kappa shape index (κ1) is 26.4. The van der Waals surface area contributed by atoms with Gasteiger partial charge in [0.15, 0.2) is 0 Å². The fourth-order valence-electron chi connectivity index (χ4n) is 4.02. The Hall–Kier alpha value is -2.19. The number of unbranched alkanes of at least 4 members (excludes halogenated alkanes) is 2. The maximum atomic E-state index is 13.5. The van der Waals surface area contributed by atoms with E-state index in [-0.39, 0.29) is 61.3 Å². The van der Waals surface area contributed by atoms with Crippen molar-refractivity contribution in [2.75, 3.05) is 6.54 Å². The first-order valence-corrected chi connectivity index (χ1v) is 14.5. The molecule has 12 nitrogen and oxygen atoms in total. The van der Waals surface area contributed by atoms with Gasteiger partial charge in [-0.25, -0.2) is 13.2 Å². The molecule has 224 valence electrons. The molecule has 2 rings (SSSR count). The molecular weight excluding hydrogens is 565 g/mol. The molecule has 4 atom stereocenters. The Morgan fingerprint density at radius 1 is 1.20 bits per heavy atom. The average Bonchev–Trinajstić information content (AvgIpc) is 3.35. The number of amides is 3. The summed E-state index contributed by atoms with van der Waals surface area (Å²) in [6, 6.07) is -7.75. The number of hydrogen-bond donors (Lipinski definition) is 3. The average molecular weight is 613 g/mol. The molecule has 1 aliphatic heterocycles. The zero-order valence-electron chi connectivity index (χ0n) is 30.6. The summed E-state index contributed by atoms with van der Waals surface area (Å²) in [6.07, 6.45) is -0.394. The molecule has 0 radical (unpaired) electrons. The predicted molar refractivity (Wildman–Crippen MR) is 144 cm³/mol. The van der Waals surface area contributed by atoms with Crippen molar-refractivity contribution in [2.24, 2.45) is 11.8 Å². The minimum atomic E-state index is -5.42. The number of carbonyl (C=O) groups is 4. The van der Waals surface area contributed by atoms with Gasteiger partial charge in [-0.3, -0.25) is 14.4 Å². The zero-order valence-corrected chi connectivity index (χ0v) is 26.4. The van der Waals surface area contributed by atoms with Crippen LogP contribution in [0.15, 0.2) is 30.2 Å². The summed E-state index contributed by atoms with van der Waals surface area (Å²) >= 11 is 0. The summed E-state index contributed by atoms with van der Waals surface area (Å²) < 4.78 is 102. The van der Waals surface area contributed by atoms with E-state index in [4.69, 9.17) is 19.1 Å². The van der Waals surface area contributed by atoms with Gasteiger partial charge in [0.25, 0.3) is 0 Å². The molecule has 3 N–H and O–H groups in total. The van der Waals surface area contributed by atoms with Crippen LogP contribution in [0.1, 0.15) is 80.9 Å². The quantitative estimate of drug-likeness (QED) is 0.0945. The number of esters is 1. The van der Waals surface area contributed by atoms with Crippen LogP contribution in [0.4, 0.5) is 4.79 Å². The predicted octanol–water partition coefficient (Wildman–Crippen LogP) is -0.663. The van der Waals surface area contributed by atoms with Crippen LogP contribution in [-0.4, -0.2) is 60.9 Å². The van der Waals surface area contributed by atoms with Crippen molar-refractivity contribution in [3.8, 4) is 0 Å². The van der Waals surface area contributed by atoms with Gasteiger partial charge in [-0.2, -0.15) is 0 Å². The number of nitrogens with one attached hydrogen (secondary N) is 3. The first-order valence-electron chi connectivity index (χ1n) is 16.5. The Kier molecular flexibility index (Phi) is 11.8. The fraction of sp³-hybridized carbons (Fsp3) is 0.630. The number of rotatable bonds is 16. The third-order valence-corrected chi connectivity index (χ3v) is 6.93. The molecular formula is C27H40N3NaO9S. The van der Waals surface area contributed by atoms with Crippen LogP contribution in [0.25, 0.3) is 0 Å². The normalized spacial score (nSPS) is 19.8. The Morgan fingerprint density at radius 3 is 2.44 bits per heavy atom. The molecule has 1 heterocycles. The Bertz CT molecular complexity index is 1420. The maximum Gasteiger partial charge on any atom is 1.00 e. The number of benzene rings is 1. The molecule has 1 unspecified atom stereocenters. The van der Waals surface area contributed by atoms with E-state index in [1.54, 1.807) is 13.8 Å². The molecule has 1 aromatic rings. The third-order valence-electron chi connectivity index (χ3n) is 5.94. The van der Waals surface area contributed by atoms with Gasteiger partial charge in [0, 0.05) is 18.9 Å². The summed E-state index contributed by atoms with van der Waals surface area (Å²) in [7, 11) is -5.42. The number of hydrogen-bond acceptors (Lipinski definition) is 9. The third kappa shape index (κ3) is 13.6. The number of alkyl carbamates (subject to hydrolysis) is 1. The number of ether oxygens (including phenoxy) is 2. The van der Waals surface area contributed by atoms with E-state index in [0.717, 1.165) is 6.42 Å². The largest absolute Gasteiger partial charge is 1.00 e. The second kappa shape index (κ2) is 18.4. The summed E-state index contributed by atoms with van der Waals surface area (Å²) in [6.45, 7) is 2.15. The topological polar surface area (TPSA) is 180 Å². The molecule has 14 heteroatoms. The SMILES string of the molecule is [2H]c1c([2H])c([2H])c(C([2H])([2H])OC(=O)N[C@@H](CC(C)C)C(=O)N[C@@H](C[C@@H]2CCNC2=O)C(OC(=O)CCCCC)S(=O)(=O)[O-])c([2H])c1[2H].[Na+]. The van der Waals surface area contributed by atoms with Gasteiger partial charge >= 0.3 is 41.6 Å². The summed E-state index contributed by atoms with van der Waals surface area (Å²) in [5.74, 6) is -3.74. The Balaban J connectivity index is 0.0000115. The molecule has 1 aliphatic rings. The van der Waals surface area contributed by atoms with Crippen LogP contribution < -0.4 is 45.5 Å². The summed E-state index contributed by atoms with van der Waals surface area (Å²) in [4.78, 5) is 51.2. The van der Waals surface area contributed by atoms with Gasteiger partial charge in [-0.05, 0) is 37.2 Å². The Morgan fingerprint density at radius 2 is 1.88 bits per heavy atom. The van der Waals surface area contributed by atoms with Crippen molar-refractivity contribution in [3.05, 3.63) is 35.8 Å². The van der Waals surface area contributed by atoms with Crippen LogP contribution in [0.2, 0.25) is 0 Å². The second-order valence-electron chi connectivity index (χ2n) is 9.75. The van der Waals surface area contributed by atoms with Gasteiger partial charge in [0.1, 0.15) is 22.7 Å². The van der Waals surface area contributed by atoms with Crippen LogP contribution >= 0.6 is 0 Å². The molecule has 1 fully saturated rings. The second-order valence-corrected chi connectivity index (χ2v) is 11.2. The summed E-state index contributed by atoms with van der Waals surface area (Å²) in [5.41, 5.74) is -3.39. The van der Waals surface area contributed by atoms with Crippen molar-refractivity contribution in [1.82, 2.24) is 16.0 Å². The molecule has 1 saturated heterocycles. The molecule has 3 amide bonds. The smallest absolute Gasteiger partial charge is 0.745 e. The summed E-state index contributed by atoms with van der Waals surface area (Å²) in [5, 5.41) is 7.00. The number of carbonyl (C=O) groups excluding carboxylic acids is 4. The Labute approximate surface area is 273 Å². The minimum absolute atomic E-state index is 0. The molecule has 0 aliphatic carbocycles. The first-order chi connectivity index (χ1) is 21.7. The molecule has 0 saturated carbocycles. The standard InChI is InChI=1S/C27H41N3O9S.Na/c1-4-5-7-12-23(31)39-26(40(35,36)37)22(16-20-13-14-28-24(20)32)29-25(33)21(15-18(2)3)30-27(34)38-17-19-10-8-6-9-11-19;/h6,8-11,18,20-22,26H,4-5,7,12-17H2,1-3H3,(H,28,32)(H,29,33)(H,30,34)(H,35,36,37);/q;+1/p-1/t20-,21-,22-,26?;/m0./s1/i6D,8D,9D,10D,11D,17D2;. The minimum Gasteiger partial charge on any atom is -0.745 e. The monoisotopic (exact) mass is 612 g/mol. The van der Waals surface area contributed by atoms with Gasteiger partial charge in [-0.15, -0.1) is 0 Å². The molecule has 0 spiro atoms. The zero-order chi connectivity index (χ0) is 35.9. The van der Waals surface area contributed by atoms with Crippen molar-refractivity contribution >= 4 is 34.0 Å². The van der Waals surface area contributed by atoms with Crippen LogP contribution in [0, 0.1) is 11.8 Å². The molecule has 1 aromatic carbocycles. The molecule has 0 aromatic heterocycles. The van der Waals surface area contributed by atoms with Crippen LogP contribution in [0.3, 0.4) is 0 Å². The van der Waals surface area contributed by atoms with E-state index >= 15 is 0 Å². The van der Waals surface area contributed by atoms with Gasteiger partial charge < -0.3 is 30.0 Å². The molecule has 0 bridgehead atoms. The fourth-order valence-corrected chi connectivity index (χ4v) is 4.83.